The summed E-state index contributed by atoms with van der Waals surface area (Å²) in [4.78, 5) is 18.3. The lowest BCUT2D eigenvalue weighted by atomic mass is 10.1. The van der Waals surface area contributed by atoms with Crippen molar-refractivity contribution in [1.29, 1.82) is 0 Å². The van der Waals surface area contributed by atoms with E-state index in [1.807, 2.05) is 50.3 Å². The Hall–Kier alpha value is -2.86. The van der Waals surface area contributed by atoms with Crippen LogP contribution in [-0.4, -0.2) is 23.1 Å². The summed E-state index contributed by atoms with van der Waals surface area (Å²) in [7, 11) is 1.61. The maximum Gasteiger partial charge on any atom is 0.274 e. The van der Waals surface area contributed by atoms with E-state index in [0.29, 0.717) is 27.6 Å². The first-order valence-electron chi connectivity index (χ1n) is 8.76. The third kappa shape index (κ3) is 2.96. The number of hydrogen-bond acceptors (Lipinski definition) is 5. The van der Waals surface area contributed by atoms with Crippen LogP contribution in [0.25, 0.3) is 22.1 Å². The van der Waals surface area contributed by atoms with Crippen molar-refractivity contribution >= 4 is 33.4 Å². The summed E-state index contributed by atoms with van der Waals surface area (Å²) in [5.74, 6) is 1.34. The SMILES string of the molecule is CCOc1cc(/C=c2\sc3nc4cc(C)c(C)cc4n3c2=O)ccc1OC. The van der Waals surface area contributed by atoms with Crippen LogP contribution in [-0.2, 0) is 0 Å². The third-order valence-corrected chi connectivity index (χ3v) is 5.61. The molecule has 4 rings (SSSR count). The van der Waals surface area contributed by atoms with Gasteiger partial charge in [0.2, 0.25) is 0 Å². The minimum Gasteiger partial charge on any atom is -0.493 e. The number of benzene rings is 2. The van der Waals surface area contributed by atoms with Crippen LogP contribution in [0.4, 0.5) is 0 Å². The van der Waals surface area contributed by atoms with Gasteiger partial charge in [0, 0.05) is 0 Å². The fraction of sp³-hybridized carbons (Fsp3) is 0.238. The molecular weight excluding hydrogens is 360 g/mol. The van der Waals surface area contributed by atoms with Crippen molar-refractivity contribution in [1.82, 2.24) is 9.38 Å². The highest BCUT2D eigenvalue weighted by Gasteiger charge is 2.12. The van der Waals surface area contributed by atoms with E-state index in [9.17, 15) is 4.79 Å². The second kappa shape index (κ2) is 6.70. The molecule has 0 bridgehead atoms. The highest BCUT2D eigenvalue weighted by atomic mass is 32.1. The Morgan fingerprint density at radius 2 is 1.93 bits per heavy atom. The number of methoxy groups -OCH3 is 1. The van der Waals surface area contributed by atoms with Crippen molar-refractivity contribution in [2.75, 3.05) is 13.7 Å². The van der Waals surface area contributed by atoms with Crippen LogP contribution < -0.4 is 19.6 Å². The molecule has 0 spiro atoms. The Balaban J connectivity index is 1.89. The molecule has 4 aromatic rings. The first kappa shape index (κ1) is 17.5. The van der Waals surface area contributed by atoms with E-state index in [-0.39, 0.29) is 5.56 Å². The topological polar surface area (TPSA) is 52.8 Å². The van der Waals surface area contributed by atoms with E-state index in [1.165, 1.54) is 16.9 Å². The number of thiazole rings is 1. The van der Waals surface area contributed by atoms with Crippen molar-refractivity contribution in [2.24, 2.45) is 0 Å². The molecule has 6 heteroatoms. The van der Waals surface area contributed by atoms with Crippen LogP contribution in [0.15, 0.2) is 35.1 Å². The number of nitrogens with zero attached hydrogens (tertiary/aromatic N) is 2. The lowest BCUT2D eigenvalue weighted by molar-refractivity contribution is 0.311. The average Bonchev–Trinajstić information content (AvgIpc) is 3.13. The van der Waals surface area contributed by atoms with Gasteiger partial charge in [0.25, 0.3) is 5.56 Å². The van der Waals surface area contributed by atoms with Crippen LogP contribution >= 0.6 is 11.3 Å². The fourth-order valence-corrected chi connectivity index (χ4v) is 4.11. The zero-order chi connectivity index (χ0) is 19.1. The molecule has 0 unspecified atom stereocenters. The molecule has 2 aromatic heterocycles. The normalized spacial score (nSPS) is 12.2. The molecule has 0 amide bonds. The molecular formula is C21H20N2O3S. The second-order valence-corrected chi connectivity index (χ2v) is 7.42. The Morgan fingerprint density at radius 1 is 1.15 bits per heavy atom. The van der Waals surface area contributed by atoms with Gasteiger partial charge >= 0.3 is 0 Å². The summed E-state index contributed by atoms with van der Waals surface area (Å²) in [6, 6.07) is 9.71. The molecule has 27 heavy (non-hydrogen) atoms. The van der Waals surface area contributed by atoms with Crippen molar-refractivity contribution in [3.63, 3.8) is 0 Å². The molecule has 0 saturated heterocycles. The van der Waals surface area contributed by atoms with Gasteiger partial charge < -0.3 is 9.47 Å². The van der Waals surface area contributed by atoms with Crippen LogP contribution in [0.5, 0.6) is 11.5 Å². The predicted molar refractivity (Wildman–Crippen MR) is 109 cm³/mol. The quantitative estimate of drug-likeness (QED) is 0.544. The van der Waals surface area contributed by atoms with Crippen molar-refractivity contribution < 1.29 is 9.47 Å². The molecule has 0 aliphatic heterocycles. The molecule has 2 aromatic carbocycles. The van der Waals surface area contributed by atoms with E-state index < -0.39 is 0 Å². The predicted octanol–water partition coefficient (Wildman–Crippen LogP) is 3.48. The van der Waals surface area contributed by atoms with Gasteiger partial charge in [-0.1, -0.05) is 17.4 Å². The van der Waals surface area contributed by atoms with Gasteiger partial charge in [-0.3, -0.25) is 4.79 Å². The molecule has 0 atom stereocenters. The molecule has 0 aliphatic rings. The summed E-state index contributed by atoms with van der Waals surface area (Å²) in [5.41, 5.74) is 4.88. The number of aryl methyl sites for hydroxylation is 2. The standard InChI is InChI=1S/C21H20N2O3S/c1-5-26-18-10-14(6-7-17(18)25-4)11-19-20(24)23-16-9-13(3)12(2)8-15(16)22-21(23)27-19/h6-11H,5H2,1-4H3/b19-11-. The van der Waals surface area contributed by atoms with Gasteiger partial charge in [0.1, 0.15) is 0 Å². The van der Waals surface area contributed by atoms with Gasteiger partial charge in [-0.15, -0.1) is 0 Å². The van der Waals surface area contributed by atoms with Crippen LogP contribution in [0.2, 0.25) is 0 Å². The van der Waals surface area contributed by atoms with E-state index in [4.69, 9.17) is 9.47 Å². The van der Waals surface area contributed by atoms with Crippen molar-refractivity contribution in [3.8, 4) is 11.5 Å². The highest BCUT2D eigenvalue weighted by Crippen LogP contribution is 2.28. The van der Waals surface area contributed by atoms with Gasteiger partial charge in [-0.05, 0) is 67.8 Å². The van der Waals surface area contributed by atoms with E-state index >= 15 is 0 Å². The summed E-state index contributed by atoms with van der Waals surface area (Å²) in [6.07, 6.45) is 1.87. The first-order valence-corrected chi connectivity index (χ1v) is 9.58. The summed E-state index contributed by atoms with van der Waals surface area (Å²) in [5, 5.41) is 0. The van der Waals surface area contributed by atoms with Gasteiger partial charge in [-0.25, -0.2) is 9.38 Å². The molecule has 0 radical (unpaired) electrons. The van der Waals surface area contributed by atoms with Gasteiger partial charge in [-0.2, -0.15) is 0 Å². The number of hydrogen-bond donors (Lipinski definition) is 0. The molecule has 0 aliphatic carbocycles. The summed E-state index contributed by atoms with van der Waals surface area (Å²) < 4.78 is 13.3. The minimum absolute atomic E-state index is 0.0467. The second-order valence-electron chi connectivity index (χ2n) is 6.41. The molecule has 0 fully saturated rings. The maximum atomic E-state index is 13.0. The van der Waals surface area contributed by atoms with Gasteiger partial charge in [0.15, 0.2) is 16.5 Å². The first-order chi connectivity index (χ1) is 13.0. The monoisotopic (exact) mass is 380 g/mol. The van der Waals surface area contributed by atoms with Crippen LogP contribution in [0.1, 0.15) is 23.6 Å². The Morgan fingerprint density at radius 3 is 2.67 bits per heavy atom. The van der Waals surface area contributed by atoms with Crippen LogP contribution in [0, 0.1) is 13.8 Å². The number of aromatic nitrogens is 2. The Bertz CT molecular complexity index is 1270. The maximum absolute atomic E-state index is 13.0. The average molecular weight is 380 g/mol. The largest absolute Gasteiger partial charge is 0.493 e. The van der Waals surface area contributed by atoms with Crippen molar-refractivity contribution in [3.05, 3.63) is 61.9 Å². The minimum atomic E-state index is -0.0467. The lowest BCUT2D eigenvalue weighted by Crippen LogP contribution is -2.22. The van der Waals surface area contributed by atoms with E-state index in [2.05, 4.69) is 11.9 Å². The lowest BCUT2D eigenvalue weighted by Gasteiger charge is -2.09. The Kier molecular flexibility index (Phi) is 4.36. The zero-order valence-electron chi connectivity index (χ0n) is 15.7. The number of imidazole rings is 1. The fourth-order valence-electron chi connectivity index (χ4n) is 3.12. The number of rotatable bonds is 4. The van der Waals surface area contributed by atoms with Crippen LogP contribution in [0.3, 0.4) is 0 Å². The molecule has 5 nitrogen and oxygen atoms in total. The van der Waals surface area contributed by atoms with Gasteiger partial charge in [0.05, 0.1) is 29.3 Å². The van der Waals surface area contributed by atoms with E-state index in [0.717, 1.165) is 22.2 Å². The Labute approximate surface area is 160 Å². The smallest absolute Gasteiger partial charge is 0.274 e. The molecule has 0 N–H and O–H groups in total. The number of ether oxygens (including phenoxy) is 2. The summed E-state index contributed by atoms with van der Waals surface area (Å²) in [6.45, 7) is 6.57. The summed E-state index contributed by atoms with van der Waals surface area (Å²) >= 11 is 1.40. The van der Waals surface area contributed by atoms with E-state index in [1.54, 1.807) is 11.5 Å². The number of fused-ring (bicyclic) bond motifs is 3. The third-order valence-electron chi connectivity index (χ3n) is 4.64. The van der Waals surface area contributed by atoms with Crippen molar-refractivity contribution in [2.45, 2.75) is 20.8 Å². The molecule has 0 saturated carbocycles. The highest BCUT2D eigenvalue weighted by molar-refractivity contribution is 7.15. The molecule has 2 heterocycles. The molecule has 138 valence electrons. The zero-order valence-corrected chi connectivity index (χ0v) is 16.5.